The minimum atomic E-state index is 0.0668. The minimum absolute atomic E-state index is 0.0668. The van der Waals surface area contributed by atoms with Gasteiger partial charge in [0, 0.05) is 43.9 Å². The highest BCUT2D eigenvalue weighted by Crippen LogP contribution is 2.37. The molecule has 6 heteroatoms. The SMILES string of the molecule is Cc1cc(C)n(CCCNC(=O)N2CCC3(CCOC3)C2)n1. The Kier molecular flexibility index (Phi) is 4.38. The van der Waals surface area contributed by atoms with E-state index in [9.17, 15) is 4.79 Å². The van der Waals surface area contributed by atoms with Gasteiger partial charge in [-0.2, -0.15) is 5.10 Å². The maximum Gasteiger partial charge on any atom is 0.317 e. The molecule has 3 heterocycles. The van der Waals surface area contributed by atoms with Crippen molar-refractivity contribution < 1.29 is 9.53 Å². The van der Waals surface area contributed by atoms with Crippen LogP contribution < -0.4 is 5.32 Å². The number of nitrogens with zero attached hydrogens (tertiary/aromatic N) is 3. The van der Waals surface area contributed by atoms with Gasteiger partial charge in [-0.1, -0.05) is 0 Å². The molecule has 1 atom stereocenters. The zero-order valence-electron chi connectivity index (χ0n) is 13.6. The fraction of sp³-hybridized carbons (Fsp3) is 0.750. The van der Waals surface area contributed by atoms with E-state index in [1.165, 1.54) is 5.69 Å². The number of carbonyl (C=O) groups is 1. The van der Waals surface area contributed by atoms with E-state index in [-0.39, 0.29) is 11.4 Å². The van der Waals surface area contributed by atoms with Crippen molar-refractivity contribution >= 4 is 6.03 Å². The molecule has 22 heavy (non-hydrogen) atoms. The number of aromatic nitrogens is 2. The lowest BCUT2D eigenvalue weighted by atomic mass is 9.87. The number of aryl methyl sites for hydroxylation is 3. The zero-order valence-corrected chi connectivity index (χ0v) is 13.6. The average Bonchev–Trinajstić information content (AvgIpc) is 3.19. The van der Waals surface area contributed by atoms with E-state index in [0.29, 0.717) is 6.54 Å². The summed E-state index contributed by atoms with van der Waals surface area (Å²) in [7, 11) is 0. The average molecular weight is 306 g/mol. The third kappa shape index (κ3) is 3.27. The van der Waals surface area contributed by atoms with E-state index in [1.807, 2.05) is 16.5 Å². The van der Waals surface area contributed by atoms with Gasteiger partial charge in [0.1, 0.15) is 0 Å². The standard InChI is InChI=1S/C16H26N4O2/c1-13-10-14(2)20(18-13)7-3-6-17-15(21)19-8-4-16(11-19)5-9-22-12-16/h10H,3-9,11-12H2,1-2H3,(H,17,21). The summed E-state index contributed by atoms with van der Waals surface area (Å²) in [6, 6.07) is 2.14. The first-order valence-corrected chi connectivity index (χ1v) is 8.20. The highest BCUT2D eigenvalue weighted by molar-refractivity contribution is 5.74. The van der Waals surface area contributed by atoms with Crippen LogP contribution in [-0.2, 0) is 11.3 Å². The van der Waals surface area contributed by atoms with E-state index >= 15 is 0 Å². The molecule has 2 aliphatic heterocycles. The molecule has 2 saturated heterocycles. The van der Waals surface area contributed by atoms with Crippen LogP contribution in [-0.4, -0.2) is 53.6 Å². The monoisotopic (exact) mass is 306 g/mol. The Morgan fingerprint density at radius 3 is 3.00 bits per heavy atom. The molecule has 1 unspecified atom stereocenters. The van der Waals surface area contributed by atoms with Crippen molar-refractivity contribution in [2.75, 3.05) is 32.8 Å². The molecule has 3 rings (SSSR count). The zero-order chi connectivity index (χ0) is 15.6. The van der Waals surface area contributed by atoms with Crippen LogP contribution in [0, 0.1) is 19.3 Å². The third-order valence-electron chi connectivity index (χ3n) is 4.84. The van der Waals surface area contributed by atoms with Crippen molar-refractivity contribution in [3.05, 3.63) is 17.5 Å². The Morgan fingerprint density at radius 1 is 1.45 bits per heavy atom. The van der Waals surface area contributed by atoms with Crippen LogP contribution in [0.15, 0.2) is 6.07 Å². The molecule has 0 radical (unpaired) electrons. The second kappa shape index (κ2) is 6.28. The molecule has 0 aromatic carbocycles. The van der Waals surface area contributed by atoms with Gasteiger partial charge in [-0.3, -0.25) is 4.68 Å². The quantitative estimate of drug-likeness (QED) is 0.862. The lowest BCUT2D eigenvalue weighted by Crippen LogP contribution is -2.40. The molecule has 0 aliphatic carbocycles. The molecule has 0 bridgehead atoms. The topological polar surface area (TPSA) is 59.4 Å². The Bertz CT molecular complexity index is 534. The number of hydrogen-bond acceptors (Lipinski definition) is 3. The van der Waals surface area contributed by atoms with Gasteiger partial charge in [-0.25, -0.2) is 4.79 Å². The fourth-order valence-electron chi connectivity index (χ4n) is 3.52. The molecule has 0 saturated carbocycles. The Morgan fingerprint density at radius 2 is 2.32 bits per heavy atom. The van der Waals surface area contributed by atoms with Gasteiger partial charge in [0.15, 0.2) is 0 Å². The van der Waals surface area contributed by atoms with Crippen LogP contribution in [0.25, 0.3) is 0 Å². The maximum absolute atomic E-state index is 12.2. The minimum Gasteiger partial charge on any atom is -0.381 e. The second-order valence-corrected chi connectivity index (χ2v) is 6.71. The van der Waals surface area contributed by atoms with Gasteiger partial charge >= 0.3 is 6.03 Å². The van der Waals surface area contributed by atoms with E-state index in [2.05, 4.69) is 23.4 Å². The normalized spacial score (nSPS) is 24.4. The summed E-state index contributed by atoms with van der Waals surface area (Å²) in [5.74, 6) is 0. The van der Waals surface area contributed by atoms with Crippen LogP contribution in [0.1, 0.15) is 30.7 Å². The van der Waals surface area contributed by atoms with E-state index in [4.69, 9.17) is 4.74 Å². The van der Waals surface area contributed by atoms with Crippen molar-refractivity contribution in [1.29, 1.82) is 0 Å². The predicted molar refractivity (Wildman–Crippen MR) is 83.8 cm³/mol. The van der Waals surface area contributed by atoms with E-state index in [1.54, 1.807) is 0 Å². The van der Waals surface area contributed by atoms with Crippen LogP contribution in [0.4, 0.5) is 4.79 Å². The van der Waals surface area contributed by atoms with Gasteiger partial charge in [-0.05, 0) is 39.2 Å². The molecule has 6 nitrogen and oxygen atoms in total. The maximum atomic E-state index is 12.2. The number of rotatable bonds is 4. The number of hydrogen-bond donors (Lipinski definition) is 1. The molecule has 1 aromatic rings. The molecule has 2 aliphatic rings. The Balaban J connectivity index is 1.39. The van der Waals surface area contributed by atoms with Gasteiger partial charge in [0.2, 0.25) is 0 Å². The molecule has 1 N–H and O–H groups in total. The number of amides is 2. The summed E-state index contributed by atoms with van der Waals surface area (Å²) in [4.78, 5) is 14.2. The van der Waals surface area contributed by atoms with Crippen molar-refractivity contribution in [2.45, 2.75) is 39.7 Å². The second-order valence-electron chi connectivity index (χ2n) is 6.71. The number of ether oxygens (including phenoxy) is 1. The Hall–Kier alpha value is -1.56. The number of nitrogens with one attached hydrogen (secondary N) is 1. The van der Waals surface area contributed by atoms with Crippen LogP contribution >= 0.6 is 0 Å². The molecule has 2 amide bonds. The molecular formula is C16H26N4O2. The van der Waals surface area contributed by atoms with E-state index < -0.39 is 0 Å². The molecule has 1 aromatic heterocycles. The summed E-state index contributed by atoms with van der Waals surface area (Å²) in [6.07, 6.45) is 3.07. The first-order chi connectivity index (χ1) is 10.6. The molecule has 1 spiro atoms. The first kappa shape index (κ1) is 15.3. The van der Waals surface area contributed by atoms with Gasteiger partial charge in [0.05, 0.1) is 12.3 Å². The Labute approximate surface area is 131 Å². The number of urea groups is 1. The third-order valence-corrected chi connectivity index (χ3v) is 4.84. The van der Waals surface area contributed by atoms with Crippen molar-refractivity contribution in [1.82, 2.24) is 20.0 Å². The summed E-state index contributed by atoms with van der Waals surface area (Å²) in [6.45, 7) is 8.96. The van der Waals surface area contributed by atoms with Gasteiger partial charge in [-0.15, -0.1) is 0 Å². The van der Waals surface area contributed by atoms with Crippen LogP contribution in [0.3, 0.4) is 0 Å². The van der Waals surface area contributed by atoms with Gasteiger partial charge < -0.3 is 15.0 Å². The van der Waals surface area contributed by atoms with E-state index in [0.717, 1.165) is 57.8 Å². The van der Waals surface area contributed by atoms with Crippen molar-refractivity contribution in [3.8, 4) is 0 Å². The highest BCUT2D eigenvalue weighted by Gasteiger charge is 2.42. The van der Waals surface area contributed by atoms with Gasteiger partial charge in [0.25, 0.3) is 0 Å². The lowest BCUT2D eigenvalue weighted by Gasteiger charge is -2.22. The molecule has 2 fully saturated rings. The molecular weight excluding hydrogens is 280 g/mol. The summed E-state index contributed by atoms with van der Waals surface area (Å²) in [5, 5.41) is 7.46. The largest absolute Gasteiger partial charge is 0.381 e. The fourth-order valence-corrected chi connectivity index (χ4v) is 3.52. The van der Waals surface area contributed by atoms with Crippen LogP contribution in [0.2, 0.25) is 0 Å². The summed E-state index contributed by atoms with van der Waals surface area (Å²) < 4.78 is 7.51. The predicted octanol–water partition coefficient (Wildman–Crippen LogP) is 1.71. The highest BCUT2D eigenvalue weighted by atomic mass is 16.5. The summed E-state index contributed by atoms with van der Waals surface area (Å²) in [5.41, 5.74) is 2.45. The smallest absolute Gasteiger partial charge is 0.317 e. The molecule has 122 valence electrons. The lowest BCUT2D eigenvalue weighted by molar-refractivity contribution is 0.152. The number of likely N-dealkylation sites (tertiary alicyclic amines) is 1. The van der Waals surface area contributed by atoms with Crippen molar-refractivity contribution in [3.63, 3.8) is 0 Å². The number of carbonyl (C=O) groups excluding carboxylic acids is 1. The first-order valence-electron chi connectivity index (χ1n) is 8.20. The van der Waals surface area contributed by atoms with Crippen molar-refractivity contribution in [2.24, 2.45) is 5.41 Å². The summed E-state index contributed by atoms with van der Waals surface area (Å²) >= 11 is 0. The van der Waals surface area contributed by atoms with Crippen LogP contribution in [0.5, 0.6) is 0 Å².